The van der Waals surface area contributed by atoms with E-state index in [1.807, 2.05) is 42.5 Å². The van der Waals surface area contributed by atoms with Crippen molar-refractivity contribution in [3.8, 4) is 5.75 Å². The van der Waals surface area contributed by atoms with Gasteiger partial charge in [0.15, 0.2) is 0 Å². The number of carbonyl (C=O) groups excluding carboxylic acids is 4. The third-order valence-corrected chi connectivity index (χ3v) is 8.47. The fourth-order valence-corrected chi connectivity index (χ4v) is 5.61. The minimum absolute atomic E-state index is 0.0628. The number of aromatic hydroxyl groups is 1. The van der Waals surface area contributed by atoms with E-state index in [1.165, 1.54) is 12.1 Å². The molecule has 3 unspecified atom stereocenters. The van der Waals surface area contributed by atoms with Crippen LogP contribution in [0.4, 0.5) is 0 Å². The van der Waals surface area contributed by atoms with Crippen LogP contribution in [0.5, 0.6) is 5.75 Å². The molecule has 3 rings (SSSR count). The molecule has 0 spiro atoms. The highest BCUT2D eigenvalue weighted by Crippen LogP contribution is 2.18. The van der Waals surface area contributed by atoms with Gasteiger partial charge in [-0.3, -0.25) is 14.4 Å². The first-order valence-corrected chi connectivity index (χ1v) is 17.1. The zero-order valence-electron chi connectivity index (χ0n) is 28.5. The van der Waals surface area contributed by atoms with Gasteiger partial charge in [0.05, 0.1) is 6.04 Å². The number of hydrogen-bond acceptors (Lipinski definition) is 7. The quantitative estimate of drug-likeness (QED) is 0.0861. The van der Waals surface area contributed by atoms with E-state index >= 15 is 0 Å². The summed E-state index contributed by atoms with van der Waals surface area (Å²) >= 11 is 0. The van der Waals surface area contributed by atoms with Crippen LogP contribution in [0.1, 0.15) is 75.8 Å². The molecule has 0 aliphatic carbocycles. The number of amides is 3. The van der Waals surface area contributed by atoms with E-state index in [0.717, 1.165) is 47.6 Å². The summed E-state index contributed by atoms with van der Waals surface area (Å²) in [6.07, 6.45) is 5.98. The largest absolute Gasteiger partial charge is 0.508 e. The molecule has 3 aromatic carbocycles. The number of ketones is 1. The maximum absolute atomic E-state index is 13.6. The van der Waals surface area contributed by atoms with Crippen LogP contribution in [-0.2, 0) is 36.8 Å². The van der Waals surface area contributed by atoms with E-state index in [0.29, 0.717) is 38.6 Å². The van der Waals surface area contributed by atoms with Crippen molar-refractivity contribution in [2.45, 2.75) is 95.7 Å². The molecule has 0 radical (unpaired) electrons. The van der Waals surface area contributed by atoms with Crippen LogP contribution in [0.2, 0.25) is 0 Å². The summed E-state index contributed by atoms with van der Waals surface area (Å²) in [6, 6.07) is 17.2. The highest BCUT2D eigenvalue weighted by molar-refractivity contribution is 5.92. The Morgan fingerprint density at radius 3 is 1.96 bits per heavy atom. The van der Waals surface area contributed by atoms with Gasteiger partial charge in [0.1, 0.15) is 23.6 Å². The lowest BCUT2D eigenvalue weighted by molar-refractivity contribution is -0.142. The highest BCUT2D eigenvalue weighted by Gasteiger charge is 2.29. The third-order valence-electron chi connectivity index (χ3n) is 8.47. The number of benzene rings is 3. The van der Waals surface area contributed by atoms with Crippen LogP contribution in [0, 0.1) is 0 Å². The monoisotopic (exact) mass is 674 g/mol. The Bertz CT molecular complexity index is 1540. The van der Waals surface area contributed by atoms with E-state index < -0.39 is 35.9 Å². The summed E-state index contributed by atoms with van der Waals surface area (Å²) in [5, 5.41) is 32.9. The van der Waals surface area contributed by atoms with Crippen LogP contribution in [-0.4, -0.2) is 71.4 Å². The molecule has 0 bridgehead atoms. The van der Waals surface area contributed by atoms with E-state index in [1.54, 1.807) is 26.1 Å². The van der Waals surface area contributed by atoms with Gasteiger partial charge in [0, 0.05) is 25.8 Å². The number of unbranched alkanes of at least 4 members (excludes halogenated alkanes) is 4. The number of hydrogen-bond donors (Lipinski definition) is 6. The fourth-order valence-electron chi connectivity index (χ4n) is 5.61. The van der Waals surface area contributed by atoms with Crippen molar-refractivity contribution in [1.82, 2.24) is 21.3 Å². The Labute approximate surface area is 288 Å². The lowest BCUT2D eigenvalue weighted by Gasteiger charge is -2.24. The van der Waals surface area contributed by atoms with E-state index in [4.69, 9.17) is 0 Å². The molecule has 264 valence electrons. The molecule has 3 aromatic rings. The molecule has 49 heavy (non-hydrogen) atoms. The Kier molecular flexibility index (Phi) is 16.2. The number of rotatable bonds is 22. The number of phenols is 1. The van der Waals surface area contributed by atoms with Crippen molar-refractivity contribution in [2.75, 3.05) is 13.6 Å². The van der Waals surface area contributed by atoms with E-state index in [2.05, 4.69) is 21.3 Å². The topological polar surface area (TPSA) is 174 Å². The van der Waals surface area contributed by atoms with Crippen LogP contribution in [0.15, 0.2) is 66.7 Å². The Hall–Kier alpha value is -4.77. The smallest absolute Gasteiger partial charge is 0.326 e. The lowest BCUT2D eigenvalue weighted by Crippen LogP contribution is -2.56. The van der Waals surface area contributed by atoms with Crippen molar-refractivity contribution in [2.24, 2.45) is 0 Å². The van der Waals surface area contributed by atoms with Gasteiger partial charge in [-0.25, -0.2) is 4.79 Å². The van der Waals surface area contributed by atoms with Crippen LogP contribution in [0.3, 0.4) is 0 Å². The summed E-state index contributed by atoms with van der Waals surface area (Å²) in [5.74, 6) is -1.98. The summed E-state index contributed by atoms with van der Waals surface area (Å²) in [7, 11) is 1.64. The molecule has 3 amide bonds. The predicted molar refractivity (Wildman–Crippen MR) is 189 cm³/mol. The lowest BCUT2D eigenvalue weighted by atomic mass is 9.99. The maximum Gasteiger partial charge on any atom is 0.326 e. The summed E-state index contributed by atoms with van der Waals surface area (Å²) < 4.78 is 0. The van der Waals surface area contributed by atoms with Gasteiger partial charge < -0.3 is 36.3 Å². The average molecular weight is 675 g/mol. The highest BCUT2D eigenvalue weighted by atomic mass is 16.4. The molecule has 6 N–H and O–H groups in total. The summed E-state index contributed by atoms with van der Waals surface area (Å²) in [5.41, 5.74) is 1.61. The van der Waals surface area contributed by atoms with E-state index in [-0.39, 0.29) is 30.3 Å². The molecule has 0 aliphatic heterocycles. The minimum Gasteiger partial charge on any atom is -0.508 e. The second-order valence-electron chi connectivity index (χ2n) is 12.5. The first-order valence-electron chi connectivity index (χ1n) is 17.1. The Balaban J connectivity index is 1.58. The van der Waals surface area contributed by atoms with Crippen molar-refractivity contribution < 1.29 is 34.2 Å². The van der Waals surface area contributed by atoms with Gasteiger partial charge in [-0.15, -0.1) is 0 Å². The first kappa shape index (κ1) is 38.7. The van der Waals surface area contributed by atoms with Gasteiger partial charge in [-0.1, -0.05) is 67.4 Å². The fraction of sp³-hybridized carbons (Fsp3) is 0.447. The van der Waals surface area contributed by atoms with Gasteiger partial charge in [0.2, 0.25) is 17.7 Å². The average Bonchev–Trinajstić information content (AvgIpc) is 3.08. The number of likely N-dealkylation sites (N-methyl/N-ethyl adjacent to an activating group) is 1. The standard InChI is InChI=1S/C38H50N4O7/c1-26(43)11-5-3-4-6-15-35(45)40-22-10-9-14-32(38(48)49)41-37(47)34(25-28-16-19-29-12-7-8-13-30(29)23-28)42-36(46)33(39-2)24-27-17-20-31(44)21-18-27/h7-8,12-13,16-21,23,32-34,39,44H,3-6,9-11,14-15,22,24-25H2,1-2H3,(H,40,45)(H,41,47)(H,42,46)(H,48,49). The zero-order valence-corrected chi connectivity index (χ0v) is 28.5. The maximum atomic E-state index is 13.6. The molecule has 0 saturated carbocycles. The number of aliphatic carboxylic acids is 1. The van der Waals surface area contributed by atoms with Gasteiger partial charge in [-0.05, 0) is 86.5 Å². The summed E-state index contributed by atoms with van der Waals surface area (Å²) in [4.78, 5) is 62.4. The predicted octanol–water partition coefficient (Wildman–Crippen LogP) is 4.19. The van der Waals surface area contributed by atoms with Gasteiger partial charge in [0.25, 0.3) is 0 Å². The summed E-state index contributed by atoms with van der Waals surface area (Å²) in [6.45, 7) is 1.98. The molecular formula is C38H50N4O7. The van der Waals surface area contributed by atoms with Crippen LogP contribution >= 0.6 is 0 Å². The number of carboxylic acids is 1. The third kappa shape index (κ3) is 14.1. The second kappa shape index (κ2) is 20.6. The molecule has 11 heteroatoms. The van der Waals surface area contributed by atoms with Crippen molar-refractivity contribution in [3.05, 3.63) is 77.9 Å². The molecule has 0 saturated heterocycles. The molecule has 0 heterocycles. The van der Waals surface area contributed by atoms with Crippen molar-refractivity contribution in [3.63, 3.8) is 0 Å². The molecular weight excluding hydrogens is 624 g/mol. The molecule has 3 atom stereocenters. The molecule has 11 nitrogen and oxygen atoms in total. The zero-order chi connectivity index (χ0) is 35.6. The van der Waals surface area contributed by atoms with Crippen molar-refractivity contribution in [1.29, 1.82) is 0 Å². The normalized spacial score (nSPS) is 12.9. The van der Waals surface area contributed by atoms with Gasteiger partial charge >= 0.3 is 5.97 Å². The Morgan fingerprint density at radius 2 is 1.29 bits per heavy atom. The number of fused-ring (bicyclic) bond motifs is 1. The number of carbonyl (C=O) groups is 5. The number of nitrogens with one attached hydrogen (secondary N) is 4. The molecule has 0 aliphatic rings. The minimum atomic E-state index is -1.18. The Morgan fingerprint density at radius 1 is 0.673 bits per heavy atom. The molecule has 0 fully saturated rings. The van der Waals surface area contributed by atoms with Gasteiger partial charge in [-0.2, -0.15) is 0 Å². The van der Waals surface area contributed by atoms with Crippen LogP contribution in [0.25, 0.3) is 10.8 Å². The SMILES string of the molecule is CNC(Cc1ccc(O)cc1)C(=O)NC(Cc1ccc2ccccc2c1)C(=O)NC(CCCCNC(=O)CCCCCCC(C)=O)C(=O)O. The number of carboxylic acid groups (broad SMARTS) is 1. The number of phenolic OH excluding ortho intramolecular Hbond substituents is 1. The number of Topliss-reactive ketones (excluding diaryl/α,β-unsaturated/α-hetero) is 1. The second-order valence-corrected chi connectivity index (χ2v) is 12.5. The van der Waals surface area contributed by atoms with Crippen LogP contribution < -0.4 is 21.3 Å². The van der Waals surface area contributed by atoms with Crippen molar-refractivity contribution >= 4 is 40.2 Å². The molecule has 0 aromatic heterocycles. The first-order chi connectivity index (χ1) is 23.5. The van der Waals surface area contributed by atoms with E-state index in [9.17, 15) is 34.2 Å².